The van der Waals surface area contributed by atoms with Crippen molar-refractivity contribution in [2.24, 2.45) is 0 Å². The zero-order valence-corrected chi connectivity index (χ0v) is 13.5. The summed E-state index contributed by atoms with van der Waals surface area (Å²) in [6, 6.07) is 2.75. The van der Waals surface area contributed by atoms with Crippen LogP contribution in [0.4, 0.5) is 5.69 Å². The van der Waals surface area contributed by atoms with Gasteiger partial charge < -0.3 is 5.73 Å². The van der Waals surface area contributed by atoms with Gasteiger partial charge in [-0.2, -0.15) is 4.31 Å². The van der Waals surface area contributed by atoms with E-state index >= 15 is 0 Å². The Bertz CT molecular complexity index is 557. The average Bonchev–Trinajstić information content (AvgIpc) is 2.37. The molecular weight excluding hydrogens is 307 g/mol. The standard InChI is InChI=1S/C12H18Cl2N2O2S/c1-4-8(5-2)16(3)19(17,18)10-7-6-9(13)12(15)11(10)14/h6-8H,4-5,15H2,1-3H3. The van der Waals surface area contributed by atoms with E-state index in [1.54, 1.807) is 7.05 Å². The molecule has 19 heavy (non-hydrogen) atoms. The number of rotatable bonds is 5. The number of nitrogens with two attached hydrogens (primary N) is 1. The monoisotopic (exact) mass is 324 g/mol. The van der Waals surface area contributed by atoms with Crippen LogP contribution in [0.5, 0.6) is 0 Å². The van der Waals surface area contributed by atoms with Gasteiger partial charge in [0, 0.05) is 13.1 Å². The fourth-order valence-electron chi connectivity index (χ4n) is 1.90. The van der Waals surface area contributed by atoms with Crippen molar-refractivity contribution in [2.75, 3.05) is 12.8 Å². The minimum atomic E-state index is -3.67. The Labute approximate surface area is 124 Å². The Morgan fingerprint density at radius 3 is 2.26 bits per heavy atom. The Balaban J connectivity index is 3.32. The van der Waals surface area contributed by atoms with Crippen LogP contribution in [0.2, 0.25) is 10.0 Å². The van der Waals surface area contributed by atoms with Gasteiger partial charge in [0.05, 0.1) is 15.7 Å². The summed E-state index contributed by atoms with van der Waals surface area (Å²) in [4.78, 5) is -0.00883. The van der Waals surface area contributed by atoms with E-state index < -0.39 is 10.0 Å². The molecule has 0 bridgehead atoms. The van der Waals surface area contributed by atoms with E-state index in [0.29, 0.717) is 0 Å². The van der Waals surface area contributed by atoms with E-state index in [-0.39, 0.29) is 26.7 Å². The van der Waals surface area contributed by atoms with E-state index in [2.05, 4.69) is 0 Å². The highest BCUT2D eigenvalue weighted by Crippen LogP contribution is 2.34. The lowest BCUT2D eigenvalue weighted by Crippen LogP contribution is -2.36. The maximum absolute atomic E-state index is 12.5. The molecule has 2 N–H and O–H groups in total. The van der Waals surface area contributed by atoms with Gasteiger partial charge in [-0.05, 0) is 25.0 Å². The number of nitrogen functional groups attached to an aromatic ring is 1. The first kappa shape index (κ1) is 16.6. The molecule has 0 aliphatic heterocycles. The van der Waals surface area contributed by atoms with Crippen LogP contribution in [-0.2, 0) is 10.0 Å². The second-order valence-corrected chi connectivity index (χ2v) is 7.02. The fourth-order valence-corrected chi connectivity index (χ4v) is 4.14. The molecule has 108 valence electrons. The minimum Gasteiger partial charge on any atom is -0.396 e. The summed E-state index contributed by atoms with van der Waals surface area (Å²) in [7, 11) is -2.12. The number of anilines is 1. The molecule has 1 rings (SSSR count). The number of nitrogens with zero attached hydrogens (tertiary/aromatic N) is 1. The quantitative estimate of drug-likeness (QED) is 0.844. The van der Waals surface area contributed by atoms with E-state index in [9.17, 15) is 8.42 Å². The lowest BCUT2D eigenvalue weighted by atomic mass is 10.2. The molecular formula is C12H18Cl2N2O2S. The van der Waals surface area contributed by atoms with Crippen LogP contribution < -0.4 is 5.73 Å². The van der Waals surface area contributed by atoms with Gasteiger partial charge in [0.25, 0.3) is 0 Å². The molecule has 1 aromatic carbocycles. The Hall–Kier alpha value is -0.490. The van der Waals surface area contributed by atoms with Crippen molar-refractivity contribution in [2.45, 2.75) is 37.6 Å². The molecule has 0 atom stereocenters. The van der Waals surface area contributed by atoms with Crippen molar-refractivity contribution in [1.29, 1.82) is 0 Å². The molecule has 4 nitrogen and oxygen atoms in total. The molecule has 0 saturated heterocycles. The number of hydrogen-bond donors (Lipinski definition) is 1. The summed E-state index contributed by atoms with van der Waals surface area (Å²) >= 11 is 11.8. The summed E-state index contributed by atoms with van der Waals surface area (Å²) in [5, 5.41) is 0.222. The maximum atomic E-state index is 12.5. The molecule has 0 fully saturated rings. The predicted octanol–water partition coefficient (Wildman–Crippen LogP) is 3.38. The number of halogens is 2. The van der Waals surface area contributed by atoms with Gasteiger partial charge in [0.15, 0.2) is 0 Å². The first-order chi connectivity index (χ1) is 8.77. The highest BCUT2D eigenvalue weighted by Gasteiger charge is 2.29. The van der Waals surface area contributed by atoms with Crippen molar-refractivity contribution in [3.05, 3.63) is 22.2 Å². The van der Waals surface area contributed by atoms with Crippen molar-refractivity contribution in [3.8, 4) is 0 Å². The zero-order valence-electron chi connectivity index (χ0n) is 11.2. The molecule has 7 heteroatoms. The third-order valence-corrected chi connectivity index (χ3v) is 6.01. The van der Waals surface area contributed by atoms with Gasteiger partial charge in [0.2, 0.25) is 10.0 Å². The third-order valence-electron chi connectivity index (χ3n) is 3.20. The number of sulfonamides is 1. The predicted molar refractivity (Wildman–Crippen MR) is 80.2 cm³/mol. The van der Waals surface area contributed by atoms with Crippen LogP contribution in [0.15, 0.2) is 17.0 Å². The lowest BCUT2D eigenvalue weighted by Gasteiger charge is -2.26. The van der Waals surface area contributed by atoms with E-state index in [0.717, 1.165) is 12.8 Å². The molecule has 0 spiro atoms. The van der Waals surface area contributed by atoms with E-state index in [1.165, 1.54) is 16.4 Å². The smallest absolute Gasteiger partial charge is 0.244 e. The largest absolute Gasteiger partial charge is 0.396 e. The molecule has 1 aromatic rings. The third kappa shape index (κ3) is 3.16. The lowest BCUT2D eigenvalue weighted by molar-refractivity contribution is 0.350. The number of benzene rings is 1. The molecule has 0 radical (unpaired) electrons. The first-order valence-corrected chi connectivity index (χ1v) is 8.18. The van der Waals surface area contributed by atoms with Crippen molar-refractivity contribution < 1.29 is 8.42 Å². The first-order valence-electron chi connectivity index (χ1n) is 5.98. The van der Waals surface area contributed by atoms with Crippen molar-refractivity contribution in [3.63, 3.8) is 0 Å². The minimum absolute atomic E-state index is 0.00883. The van der Waals surface area contributed by atoms with Gasteiger partial charge in [-0.15, -0.1) is 0 Å². The summed E-state index contributed by atoms with van der Waals surface area (Å²) in [5.74, 6) is 0. The van der Waals surface area contributed by atoms with Crippen molar-refractivity contribution in [1.82, 2.24) is 4.31 Å². The molecule has 0 aromatic heterocycles. The normalized spacial score (nSPS) is 12.4. The molecule has 0 amide bonds. The van der Waals surface area contributed by atoms with Gasteiger partial charge >= 0.3 is 0 Å². The van der Waals surface area contributed by atoms with Gasteiger partial charge in [-0.3, -0.25) is 0 Å². The Morgan fingerprint density at radius 2 is 1.79 bits per heavy atom. The summed E-state index contributed by atoms with van der Waals surface area (Å²) in [6.45, 7) is 3.88. The van der Waals surface area contributed by atoms with Crippen LogP contribution in [0, 0.1) is 0 Å². The van der Waals surface area contributed by atoms with Crippen LogP contribution in [0.25, 0.3) is 0 Å². The molecule has 0 heterocycles. The summed E-state index contributed by atoms with van der Waals surface area (Å²) in [5.41, 5.74) is 5.76. The second kappa shape index (κ2) is 6.31. The van der Waals surface area contributed by atoms with E-state index in [1.807, 2.05) is 13.8 Å². The summed E-state index contributed by atoms with van der Waals surface area (Å²) < 4.78 is 26.4. The van der Waals surface area contributed by atoms with Gasteiger partial charge in [-0.1, -0.05) is 37.0 Å². The molecule has 0 aliphatic carbocycles. The van der Waals surface area contributed by atoms with Crippen molar-refractivity contribution >= 4 is 38.9 Å². The molecule has 0 saturated carbocycles. The van der Waals surface area contributed by atoms with Crippen LogP contribution >= 0.6 is 23.2 Å². The molecule has 0 aliphatic rings. The highest BCUT2D eigenvalue weighted by molar-refractivity contribution is 7.89. The maximum Gasteiger partial charge on any atom is 0.244 e. The average molecular weight is 325 g/mol. The highest BCUT2D eigenvalue weighted by atomic mass is 35.5. The fraction of sp³-hybridized carbons (Fsp3) is 0.500. The van der Waals surface area contributed by atoms with Gasteiger partial charge in [0.1, 0.15) is 4.90 Å². The summed E-state index contributed by atoms with van der Waals surface area (Å²) in [6.07, 6.45) is 1.46. The van der Waals surface area contributed by atoms with E-state index in [4.69, 9.17) is 28.9 Å². The Kier molecular flexibility index (Phi) is 5.50. The van der Waals surface area contributed by atoms with Crippen LogP contribution in [0.1, 0.15) is 26.7 Å². The Morgan fingerprint density at radius 1 is 1.26 bits per heavy atom. The molecule has 0 unspecified atom stereocenters. The van der Waals surface area contributed by atoms with Gasteiger partial charge in [-0.25, -0.2) is 8.42 Å². The zero-order chi connectivity index (χ0) is 14.8. The SMILES string of the molecule is CCC(CC)N(C)S(=O)(=O)c1ccc(Cl)c(N)c1Cl. The van der Waals surface area contributed by atoms with Crippen LogP contribution in [-0.4, -0.2) is 25.8 Å². The number of hydrogen-bond acceptors (Lipinski definition) is 3. The van der Waals surface area contributed by atoms with Crippen LogP contribution in [0.3, 0.4) is 0 Å². The second-order valence-electron chi connectivity index (χ2n) is 4.26. The topological polar surface area (TPSA) is 63.4 Å².